The Morgan fingerprint density at radius 1 is 1.29 bits per heavy atom. The van der Waals surface area contributed by atoms with Crippen LogP contribution in [0.3, 0.4) is 0 Å². The topological polar surface area (TPSA) is 61.7 Å². The van der Waals surface area contributed by atoms with E-state index in [1.54, 1.807) is 0 Å². The molecule has 2 rings (SSSR count). The molecule has 1 fully saturated rings. The zero-order chi connectivity index (χ0) is 15.1. The summed E-state index contributed by atoms with van der Waals surface area (Å²) >= 11 is 5.81. The summed E-state index contributed by atoms with van der Waals surface area (Å²) in [6.45, 7) is 2.41. The van der Waals surface area contributed by atoms with Crippen LogP contribution in [0.1, 0.15) is 24.8 Å². The van der Waals surface area contributed by atoms with E-state index in [1.165, 1.54) is 12.8 Å². The number of rotatable bonds is 10. The lowest BCUT2D eigenvalue weighted by atomic mass is 10.0. The summed E-state index contributed by atoms with van der Waals surface area (Å²) in [7, 11) is 0. The molecule has 1 aromatic rings. The predicted octanol–water partition coefficient (Wildman–Crippen LogP) is 1.97. The molecule has 1 aromatic carbocycles. The van der Waals surface area contributed by atoms with Crippen molar-refractivity contribution in [1.82, 2.24) is 5.32 Å². The van der Waals surface area contributed by atoms with Gasteiger partial charge in [0.2, 0.25) is 0 Å². The van der Waals surface area contributed by atoms with Crippen LogP contribution in [-0.2, 0) is 11.3 Å². The molecule has 0 aliphatic heterocycles. The minimum Gasteiger partial charge on any atom is -0.396 e. The maximum absolute atomic E-state index is 9.86. The largest absolute Gasteiger partial charge is 0.396 e. The Morgan fingerprint density at radius 3 is 2.62 bits per heavy atom. The third kappa shape index (κ3) is 5.93. The number of hydrogen-bond acceptors (Lipinski definition) is 4. The van der Waals surface area contributed by atoms with Gasteiger partial charge in [-0.05, 0) is 42.4 Å². The average Bonchev–Trinajstić information content (AvgIpc) is 3.21. The second-order valence-electron chi connectivity index (χ2n) is 5.90. The van der Waals surface area contributed by atoms with Crippen LogP contribution < -0.4 is 5.32 Å². The van der Waals surface area contributed by atoms with Crippen LogP contribution in [0.4, 0.5) is 0 Å². The third-order valence-electron chi connectivity index (χ3n) is 3.97. The first-order valence-corrected chi connectivity index (χ1v) is 7.83. The Bertz CT molecular complexity index is 420. The number of aliphatic hydroxyl groups excluding tert-OH is 2. The Labute approximate surface area is 131 Å². The van der Waals surface area contributed by atoms with E-state index in [0.29, 0.717) is 24.8 Å². The Kier molecular flexibility index (Phi) is 6.45. The fourth-order valence-corrected chi connectivity index (χ4v) is 2.51. The first-order chi connectivity index (χ1) is 10.1. The highest BCUT2D eigenvalue weighted by Crippen LogP contribution is 2.47. The van der Waals surface area contributed by atoms with Gasteiger partial charge in [-0.2, -0.15) is 0 Å². The highest BCUT2D eigenvalue weighted by atomic mass is 35.5. The van der Waals surface area contributed by atoms with E-state index in [0.717, 1.165) is 18.5 Å². The molecule has 0 saturated heterocycles. The molecule has 0 spiro atoms. The smallest absolute Gasteiger partial charge is 0.0897 e. The number of benzene rings is 1. The van der Waals surface area contributed by atoms with Gasteiger partial charge in [-0.3, -0.25) is 0 Å². The van der Waals surface area contributed by atoms with Gasteiger partial charge in [-0.15, -0.1) is 0 Å². The summed E-state index contributed by atoms with van der Waals surface area (Å²) < 4.78 is 5.49. The van der Waals surface area contributed by atoms with Crippen LogP contribution in [0, 0.1) is 5.41 Å². The molecular formula is C16H24ClNO3. The highest BCUT2D eigenvalue weighted by molar-refractivity contribution is 6.30. The molecular weight excluding hydrogens is 290 g/mol. The van der Waals surface area contributed by atoms with Crippen LogP contribution in [0.2, 0.25) is 5.02 Å². The van der Waals surface area contributed by atoms with E-state index >= 15 is 0 Å². The number of aliphatic hydroxyl groups is 2. The minimum atomic E-state index is -0.512. The number of ether oxygens (including phenoxy) is 1. The van der Waals surface area contributed by atoms with Crippen LogP contribution in [-0.4, -0.2) is 42.6 Å². The van der Waals surface area contributed by atoms with Gasteiger partial charge in [0.25, 0.3) is 0 Å². The lowest BCUT2D eigenvalue weighted by Gasteiger charge is -2.17. The lowest BCUT2D eigenvalue weighted by molar-refractivity contribution is 0.0282. The van der Waals surface area contributed by atoms with Crippen molar-refractivity contribution >= 4 is 11.6 Å². The SMILES string of the molecule is OCCC1(CNCC(O)COCc2ccc(Cl)cc2)CC1. The highest BCUT2D eigenvalue weighted by Gasteiger charge is 2.41. The van der Waals surface area contributed by atoms with Crippen LogP contribution in [0.15, 0.2) is 24.3 Å². The first kappa shape index (κ1) is 16.7. The molecule has 3 N–H and O–H groups in total. The lowest BCUT2D eigenvalue weighted by Crippen LogP contribution is -2.34. The second kappa shape index (κ2) is 8.11. The van der Waals surface area contributed by atoms with Gasteiger partial charge in [-0.1, -0.05) is 23.7 Å². The summed E-state index contributed by atoms with van der Waals surface area (Å²) in [6.07, 6.45) is 2.68. The first-order valence-electron chi connectivity index (χ1n) is 7.45. The number of hydrogen-bond donors (Lipinski definition) is 3. The average molecular weight is 314 g/mol. The fourth-order valence-electron chi connectivity index (χ4n) is 2.39. The van der Waals surface area contributed by atoms with Gasteiger partial charge in [0.1, 0.15) is 0 Å². The molecule has 0 amide bonds. The quantitative estimate of drug-likeness (QED) is 0.618. The van der Waals surface area contributed by atoms with Crippen molar-refractivity contribution in [3.8, 4) is 0 Å². The van der Waals surface area contributed by atoms with Crippen molar-refractivity contribution in [3.63, 3.8) is 0 Å². The van der Waals surface area contributed by atoms with Crippen LogP contribution in [0.25, 0.3) is 0 Å². The Morgan fingerprint density at radius 2 is 2.00 bits per heavy atom. The van der Waals surface area contributed by atoms with Crippen molar-refractivity contribution in [3.05, 3.63) is 34.9 Å². The van der Waals surface area contributed by atoms with Gasteiger partial charge >= 0.3 is 0 Å². The summed E-state index contributed by atoms with van der Waals surface area (Å²) in [4.78, 5) is 0. The molecule has 0 bridgehead atoms. The number of nitrogens with one attached hydrogen (secondary N) is 1. The molecule has 0 aromatic heterocycles. The van der Waals surface area contributed by atoms with E-state index in [9.17, 15) is 5.11 Å². The van der Waals surface area contributed by atoms with E-state index < -0.39 is 6.10 Å². The molecule has 0 radical (unpaired) electrons. The molecule has 118 valence electrons. The summed E-state index contributed by atoms with van der Waals surface area (Å²) in [5.41, 5.74) is 1.32. The van der Waals surface area contributed by atoms with Gasteiger partial charge in [-0.25, -0.2) is 0 Å². The molecule has 1 saturated carbocycles. The number of halogens is 1. The van der Waals surface area contributed by atoms with E-state index in [-0.39, 0.29) is 12.0 Å². The third-order valence-corrected chi connectivity index (χ3v) is 4.22. The van der Waals surface area contributed by atoms with Crippen molar-refractivity contribution in [2.75, 3.05) is 26.3 Å². The van der Waals surface area contributed by atoms with Crippen molar-refractivity contribution < 1.29 is 14.9 Å². The van der Waals surface area contributed by atoms with E-state index in [1.807, 2.05) is 24.3 Å². The molecule has 1 aliphatic carbocycles. The van der Waals surface area contributed by atoms with E-state index in [2.05, 4.69) is 5.32 Å². The standard InChI is InChI=1S/C16H24ClNO3/c17-14-3-1-13(2-4-14)10-21-11-15(20)9-18-12-16(5-6-16)7-8-19/h1-4,15,18-20H,5-12H2. The summed E-state index contributed by atoms with van der Waals surface area (Å²) in [5.74, 6) is 0. The van der Waals surface area contributed by atoms with Crippen LogP contribution in [0.5, 0.6) is 0 Å². The second-order valence-corrected chi connectivity index (χ2v) is 6.34. The maximum Gasteiger partial charge on any atom is 0.0897 e. The van der Waals surface area contributed by atoms with Gasteiger partial charge in [0, 0.05) is 24.7 Å². The summed E-state index contributed by atoms with van der Waals surface area (Å²) in [5, 5.41) is 22.8. The van der Waals surface area contributed by atoms with Crippen molar-refractivity contribution in [2.24, 2.45) is 5.41 Å². The Balaban J connectivity index is 1.55. The molecule has 1 atom stereocenters. The molecule has 21 heavy (non-hydrogen) atoms. The monoisotopic (exact) mass is 313 g/mol. The molecule has 4 nitrogen and oxygen atoms in total. The maximum atomic E-state index is 9.86. The van der Waals surface area contributed by atoms with Gasteiger partial charge in [0.05, 0.1) is 19.3 Å². The predicted molar refractivity (Wildman–Crippen MR) is 83.4 cm³/mol. The zero-order valence-corrected chi connectivity index (χ0v) is 13.0. The minimum absolute atomic E-state index is 0.244. The molecule has 5 heteroatoms. The molecule has 0 heterocycles. The van der Waals surface area contributed by atoms with Crippen LogP contribution >= 0.6 is 11.6 Å². The summed E-state index contributed by atoms with van der Waals surface area (Å²) in [6, 6.07) is 7.49. The van der Waals surface area contributed by atoms with Gasteiger partial charge < -0.3 is 20.3 Å². The van der Waals surface area contributed by atoms with Gasteiger partial charge in [0.15, 0.2) is 0 Å². The van der Waals surface area contributed by atoms with Crippen molar-refractivity contribution in [1.29, 1.82) is 0 Å². The zero-order valence-electron chi connectivity index (χ0n) is 12.2. The normalized spacial score (nSPS) is 17.7. The fraction of sp³-hybridized carbons (Fsp3) is 0.625. The van der Waals surface area contributed by atoms with Crippen molar-refractivity contribution in [2.45, 2.75) is 32.0 Å². The molecule has 1 unspecified atom stereocenters. The Hall–Kier alpha value is -0.650. The van der Waals surface area contributed by atoms with E-state index in [4.69, 9.17) is 21.4 Å². The molecule has 1 aliphatic rings.